The van der Waals surface area contributed by atoms with Gasteiger partial charge < -0.3 is 14.3 Å². The van der Waals surface area contributed by atoms with Crippen LogP contribution < -0.4 is 56.5 Å². The molecule has 24 heavy (non-hydrogen) atoms. The zero-order chi connectivity index (χ0) is 17.8. The Morgan fingerprint density at radius 2 is 1.83 bits per heavy atom. The normalized spacial score (nSPS) is 13.0. The summed E-state index contributed by atoms with van der Waals surface area (Å²) in [5.41, 5.74) is -0.0367. The standard InChI is InChI=1S/C16H25NO5Si.K/c1-16(2,3)23(4,5)22-11-10-13(15(18)19)12-8-6-7-9-14(12)17(20)21;/h6-9,13H,10-11H2,1-5H3,(H,18,19);/q;+1/p-1. The van der Waals surface area contributed by atoms with Gasteiger partial charge in [-0.2, -0.15) is 0 Å². The van der Waals surface area contributed by atoms with Gasteiger partial charge in [-0.1, -0.05) is 39.0 Å². The summed E-state index contributed by atoms with van der Waals surface area (Å²) >= 11 is 0. The van der Waals surface area contributed by atoms with Crippen LogP contribution in [0, 0.1) is 10.1 Å². The second kappa shape index (κ2) is 9.56. The van der Waals surface area contributed by atoms with Crippen LogP contribution in [-0.4, -0.2) is 25.8 Å². The molecule has 1 rings (SSSR count). The molecular weight excluding hydrogens is 353 g/mol. The number of nitro groups is 1. The number of benzene rings is 1. The maximum Gasteiger partial charge on any atom is 1.00 e. The summed E-state index contributed by atoms with van der Waals surface area (Å²) in [6.07, 6.45) is 0.152. The summed E-state index contributed by atoms with van der Waals surface area (Å²) in [4.78, 5) is 22.0. The van der Waals surface area contributed by atoms with Crippen molar-refractivity contribution in [1.29, 1.82) is 0 Å². The molecule has 1 aromatic rings. The second-order valence-electron chi connectivity index (χ2n) is 7.08. The van der Waals surface area contributed by atoms with Crippen molar-refractivity contribution in [1.82, 2.24) is 0 Å². The molecule has 0 aliphatic carbocycles. The third-order valence-electron chi connectivity index (χ3n) is 4.47. The Morgan fingerprint density at radius 1 is 1.29 bits per heavy atom. The van der Waals surface area contributed by atoms with Crippen LogP contribution in [0.3, 0.4) is 0 Å². The van der Waals surface area contributed by atoms with Crippen molar-refractivity contribution in [2.24, 2.45) is 0 Å². The van der Waals surface area contributed by atoms with E-state index in [2.05, 4.69) is 33.9 Å². The third kappa shape index (κ3) is 6.32. The van der Waals surface area contributed by atoms with Gasteiger partial charge in [-0.25, -0.2) is 0 Å². The van der Waals surface area contributed by atoms with Gasteiger partial charge in [-0.05, 0) is 24.6 Å². The van der Waals surface area contributed by atoms with E-state index in [1.54, 1.807) is 6.07 Å². The summed E-state index contributed by atoms with van der Waals surface area (Å²) in [5.74, 6) is -2.38. The molecule has 1 aromatic carbocycles. The van der Waals surface area contributed by atoms with Crippen molar-refractivity contribution in [3.63, 3.8) is 0 Å². The molecule has 0 aliphatic heterocycles. The fourth-order valence-electron chi connectivity index (χ4n) is 2.00. The minimum absolute atomic E-state index is 0. The monoisotopic (exact) mass is 377 g/mol. The Hall–Kier alpha value is -0.0968. The summed E-state index contributed by atoms with van der Waals surface area (Å²) in [6.45, 7) is 10.7. The van der Waals surface area contributed by atoms with Gasteiger partial charge in [-0.3, -0.25) is 10.1 Å². The number of nitrogens with zero attached hydrogens (tertiary/aromatic N) is 1. The maximum absolute atomic E-state index is 11.4. The van der Waals surface area contributed by atoms with Crippen LogP contribution in [0.4, 0.5) is 5.69 Å². The molecule has 0 amide bonds. The molecule has 0 spiro atoms. The zero-order valence-electron chi connectivity index (χ0n) is 15.3. The minimum Gasteiger partial charge on any atom is -0.549 e. The molecule has 8 heteroatoms. The predicted octanol–water partition coefficient (Wildman–Crippen LogP) is -0.156. The van der Waals surface area contributed by atoms with Crippen molar-refractivity contribution >= 4 is 20.0 Å². The molecule has 1 atom stereocenters. The van der Waals surface area contributed by atoms with Gasteiger partial charge in [0.1, 0.15) is 0 Å². The first-order chi connectivity index (χ1) is 10.5. The van der Waals surface area contributed by atoms with Gasteiger partial charge in [-0.15, -0.1) is 0 Å². The summed E-state index contributed by atoms with van der Waals surface area (Å²) in [5, 5.41) is 22.5. The topological polar surface area (TPSA) is 92.5 Å². The fourth-order valence-corrected chi connectivity index (χ4v) is 3.06. The maximum atomic E-state index is 11.4. The van der Waals surface area contributed by atoms with Gasteiger partial charge in [0.2, 0.25) is 0 Å². The van der Waals surface area contributed by atoms with E-state index in [4.69, 9.17) is 4.43 Å². The zero-order valence-corrected chi connectivity index (χ0v) is 19.4. The Balaban J connectivity index is 0.00000529. The molecule has 0 N–H and O–H groups in total. The van der Waals surface area contributed by atoms with Crippen molar-refractivity contribution in [2.75, 3.05) is 6.61 Å². The van der Waals surface area contributed by atoms with Crippen LogP contribution in [-0.2, 0) is 9.22 Å². The number of carbonyl (C=O) groups excluding carboxylic acids is 1. The Bertz CT molecular complexity index is 586. The molecule has 0 heterocycles. The smallest absolute Gasteiger partial charge is 0.549 e. The Kier molecular flexibility index (Phi) is 9.52. The molecular formula is C16H24KNO5Si. The van der Waals surface area contributed by atoms with Crippen molar-refractivity contribution in [3.05, 3.63) is 39.9 Å². The van der Waals surface area contributed by atoms with E-state index in [9.17, 15) is 20.0 Å². The molecule has 6 nitrogen and oxygen atoms in total. The third-order valence-corrected chi connectivity index (χ3v) is 9.01. The molecule has 1 unspecified atom stereocenters. The first-order valence-corrected chi connectivity index (χ1v) is 10.5. The van der Waals surface area contributed by atoms with Crippen LogP contribution in [0.15, 0.2) is 24.3 Å². The van der Waals surface area contributed by atoms with Crippen molar-refractivity contribution < 1.29 is 70.6 Å². The number of para-hydroxylation sites is 1. The fraction of sp³-hybridized carbons (Fsp3) is 0.562. The first kappa shape index (κ1) is 23.9. The molecule has 0 aromatic heterocycles. The van der Waals surface area contributed by atoms with Crippen LogP contribution in [0.2, 0.25) is 18.1 Å². The van der Waals surface area contributed by atoms with Crippen molar-refractivity contribution in [2.45, 2.75) is 51.2 Å². The van der Waals surface area contributed by atoms with Crippen LogP contribution in [0.25, 0.3) is 0 Å². The van der Waals surface area contributed by atoms with Gasteiger partial charge in [0.15, 0.2) is 8.32 Å². The van der Waals surface area contributed by atoms with Gasteiger partial charge in [0.05, 0.1) is 4.92 Å². The Labute approximate surface area is 186 Å². The average molecular weight is 378 g/mol. The van der Waals surface area contributed by atoms with Gasteiger partial charge in [0, 0.05) is 30.1 Å². The molecule has 0 bridgehead atoms. The largest absolute Gasteiger partial charge is 1.00 e. The summed E-state index contributed by atoms with van der Waals surface area (Å²) < 4.78 is 5.97. The molecule has 0 saturated carbocycles. The quantitative estimate of drug-likeness (QED) is 0.374. The number of carboxylic acids is 1. The Morgan fingerprint density at radius 3 is 2.29 bits per heavy atom. The van der Waals surface area contributed by atoms with E-state index in [0.29, 0.717) is 0 Å². The number of rotatable bonds is 7. The van der Waals surface area contributed by atoms with Crippen LogP contribution >= 0.6 is 0 Å². The predicted molar refractivity (Wildman–Crippen MR) is 88.6 cm³/mol. The molecule has 128 valence electrons. The van der Waals surface area contributed by atoms with Gasteiger partial charge in [0.25, 0.3) is 5.69 Å². The number of hydrogen-bond acceptors (Lipinski definition) is 5. The molecule has 0 fully saturated rings. The molecule has 0 saturated heterocycles. The van der Waals surface area contributed by atoms with E-state index in [1.165, 1.54) is 18.2 Å². The molecule has 0 radical (unpaired) electrons. The van der Waals surface area contributed by atoms with Crippen LogP contribution in [0.1, 0.15) is 38.7 Å². The number of carbonyl (C=O) groups is 1. The van der Waals surface area contributed by atoms with E-state index >= 15 is 0 Å². The molecule has 0 aliphatic rings. The van der Waals surface area contributed by atoms with E-state index < -0.39 is 25.1 Å². The van der Waals surface area contributed by atoms with E-state index in [1.807, 2.05) is 0 Å². The number of aliphatic carboxylic acids is 1. The summed E-state index contributed by atoms with van der Waals surface area (Å²) in [7, 11) is -1.99. The average Bonchev–Trinajstić information content (AvgIpc) is 2.42. The summed E-state index contributed by atoms with van der Waals surface area (Å²) in [6, 6.07) is 5.87. The SMILES string of the molecule is CC(C)(C)[Si](C)(C)OCCC(C(=O)[O-])c1ccccc1[N+](=O)[O-].[K+]. The first-order valence-electron chi connectivity index (χ1n) is 7.55. The minimum atomic E-state index is -1.99. The van der Waals surface area contributed by atoms with E-state index in [-0.39, 0.29) is 80.7 Å². The number of nitro benzene ring substituents is 1. The van der Waals surface area contributed by atoms with Crippen LogP contribution in [0.5, 0.6) is 0 Å². The second-order valence-corrected chi connectivity index (χ2v) is 11.9. The van der Waals surface area contributed by atoms with E-state index in [0.717, 1.165) is 0 Å². The number of hydrogen-bond donors (Lipinski definition) is 0. The number of carboxylic acid groups (broad SMARTS) is 1. The van der Waals surface area contributed by atoms with Gasteiger partial charge >= 0.3 is 51.4 Å². The van der Waals surface area contributed by atoms with Crippen molar-refractivity contribution in [3.8, 4) is 0 Å².